The standard InChI is InChI=1S/C19H25N3O5/c1-2-26-17(24)14-6-16(21-18(25)20-14)27-10-15(23)22-19-7-11-3-12(8-19)5-13(4-11)9-19/h6,11-13H,2-5,7-10H2,1H3,(H,22,23)(H,20,21,25). The molecule has 1 heterocycles. The third kappa shape index (κ3) is 3.84. The third-order valence-electron chi connectivity index (χ3n) is 6.01. The lowest BCUT2D eigenvalue weighted by Gasteiger charge is -2.56. The Morgan fingerprint density at radius 1 is 1.22 bits per heavy atom. The Hall–Kier alpha value is -2.38. The average molecular weight is 375 g/mol. The number of nitrogens with one attached hydrogen (secondary N) is 2. The van der Waals surface area contributed by atoms with Crippen molar-refractivity contribution in [2.45, 2.75) is 51.0 Å². The molecule has 0 saturated heterocycles. The van der Waals surface area contributed by atoms with Crippen molar-refractivity contribution in [1.29, 1.82) is 0 Å². The van der Waals surface area contributed by atoms with E-state index in [1.54, 1.807) is 6.92 Å². The summed E-state index contributed by atoms with van der Waals surface area (Å²) in [6.07, 6.45) is 7.08. The second-order valence-electron chi connectivity index (χ2n) is 8.19. The van der Waals surface area contributed by atoms with Gasteiger partial charge in [-0.05, 0) is 63.2 Å². The van der Waals surface area contributed by atoms with Gasteiger partial charge in [0, 0.05) is 11.6 Å². The molecule has 0 aliphatic heterocycles. The van der Waals surface area contributed by atoms with Crippen molar-refractivity contribution in [3.63, 3.8) is 0 Å². The summed E-state index contributed by atoms with van der Waals surface area (Å²) in [5, 5.41) is 3.20. The van der Waals surface area contributed by atoms with E-state index in [1.807, 2.05) is 0 Å². The van der Waals surface area contributed by atoms with E-state index < -0.39 is 11.7 Å². The number of aromatic nitrogens is 2. The zero-order chi connectivity index (χ0) is 19.0. The molecule has 0 spiro atoms. The van der Waals surface area contributed by atoms with Gasteiger partial charge in [0.1, 0.15) is 5.69 Å². The van der Waals surface area contributed by atoms with Crippen molar-refractivity contribution in [1.82, 2.24) is 15.3 Å². The fraction of sp³-hybridized carbons (Fsp3) is 0.684. The Labute approximate surface area is 157 Å². The number of carbonyl (C=O) groups is 2. The Bertz CT molecular complexity index is 767. The number of esters is 1. The van der Waals surface area contributed by atoms with E-state index in [0.29, 0.717) is 0 Å². The van der Waals surface area contributed by atoms with Gasteiger partial charge in [-0.3, -0.25) is 9.78 Å². The van der Waals surface area contributed by atoms with E-state index in [1.165, 1.54) is 25.3 Å². The highest BCUT2D eigenvalue weighted by molar-refractivity contribution is 5.87. The maximum atomic E-state index is 12.5. The lowest BCUT2D eigenvalue weighted by atomic mass is 9.53. The van der Waals surface area contributed by atoms with Gasteiger partial charge in [-0.1, -0.05) is 0 Å². The van der Waals surface area contributed by atoms with Gasteiger partial charge in [0.05, 0.1) is 6.61 Å². The Kier molecular flexibility index (Phi) is 4.65. The van der Waals surface area contributed by atoms with E-state index in [9.17, 15) is 14.4 Å². The van der Waals surface area contributed by atoms with Crippen molar-refractivity contribution >= 4 is 11.9 Å². The SMILES string of the molecule is CCOC(=O)c1cc(OCC(=O)NC23CC4CC(CC(C4)C2)C3)nc(=O)[nH]1. The molecule has 0 aromatic carbocycles. The molecule has 8 nitrogen and oxygen atoms in total. The van der Waals surface area contributed by atoms with Crippen LogP contribution in [0.25, 0.3) is 0 Å². The molecule has 5 rings (SSSR count). The predicted molar refractivity (Wildman–Crippen MR) is 95.4 cm³/mol. The molecule has 27 heavy (non-hydrogen) atoms. The second kappa shape index (κ2) is 6.98. The minimum atomic E-state index is -0.725. The van der Waals surface area contributed by atoms with Gasteiger partial charge >= 0.3 is 11.7 Å². The molecule has 4 bridgehead atoms. The van der Waals surface area contributed by atoms with Gasteiger partial charge < -0.3 is 14.8 Å². The number of ether oxygens (including phenoxy) is 2. The van der Waals surface area contributed by atoms with Crippen LogP contribution in [0.2, 0.25) is 0 Å². The Morgan fingerprint density at radius 2 is 1.85 bits per heavy atom. The Morgan fingerprint density at radius 3 is 2.44 bits per heavy atom. The quantitative estimate of drug-likeness (QED) is 0.728. The van der Waals surface area contributed by atoms with Crippen LogP contribution < -0.4 is 15.7 Å². The molecule has 8 heteroatoms. The van der Waals surface area contributed by atoms with Crippen molar-refractivity contribution < 1.29 is 19.1 Å². The number of nitrogens with zero attached hydrogens (tertiary/aromatic N) is 1. The maximum Gasteiger partial charge on any atom is 0.355 e. The normalized spacial score (nSPS) is 30.8. The number of amides is 1. The molecule has 4 aliphatic rings. The largest absolute Gasteiger partial charge is 0.467 e. The van der Waals surface area contributed by atoms with Crippen LogP contribution in [0, 0.1) is 17.8 Å². The monoisotopic (exact) mass is 375 g/mol. The summed E-state index contributed by atoms with van der Waals surface area (Å²) in [5.74, 6) is 1.26. The number of hydrogen-bond acceptors (Lipinski definition) is 6. The van der Waals surface area contributed by atoms with Crippen LogP contribution in [-0.4, -0.2) is 40.6 Å². The average Bonchev–Trinajstić information content (AvgIpc) is 2.58. The molecule has 0 atom stereocenters. The highest BCUT2D eigenvalue weighted by Crippen LogP contribution is 2.55. The number of hydrogen-bond donors (Lipinski definition) is 2. The number of H-pyrrole nitrogens is 1. The van der Waals surface area contributed by atoms with Crippen LogP contribution in [0.5, 0.6) is 5.88 Å². The molecule has 4 aliphatic carbocycles. The zero-order valence-electron chi connectivity index (χ0n) is 15.5. The summed E-state index contributed by atoms with van der Waals surface area (Å²) in [7, 11) is 0. The van der Waals surface area contributed by atoms with Crippen molar-refractivity contribution in [2.75, 3.05) is 13.2 Å². The van der Waals surface area contributed by atoms with Crippen molar-refractivity contribution in [3.8, 4) is 5.88 Å². The summed E-state index contributed by atoms with van der Waals surface area (Å²) in [4.78, 5) is 41.8. The minimum absolute atomic E-state index is 0.0478. The van der Waals surface area contributed by atoms with Crippen molar-refractivity contribution in [3.05, 3.63) is 22.2 Å². The number of aromatic amines is 1. The molecular formula is C19H25N3O5. The molecule has 4 saturated carbocycles. The smallest absolute Gasteiger partial charge is 0.355 e. The van der Waals surface area contributed by atoms with E-state index in [-0.39, 0.29) is 36.2 Å². The number of rotatable bonds is 6. The second-order valence-corrected chi connectivity index (χ2v) is 8.19. The fourth-order valence-electron chi connectivity index (χ4n) is 5.56. The first-order valence-electron chi connectivity index (χ1n) is 9.67. The van der Waals surface area contributed by atoms with Crippen LogP contribution >= 0.6 is 0 Å². The fourth-order valence-corrected chi connectivity index (χ4v) is 5.56. The summed E-state index contributed by atoms with van der Waals surface area (Å²) in [6, 6.07) is 1.28. The zero-order valence-corrected chi connectivity index (χ0v) is 15.5. The first kappa shape index (κ1) is 18.0. The lowest BCUT2D eigenvalue weighted by Crippen LogP contribution is -2.60. The summed E-state index contributed by atoms with van der Waals surface area (Å²) in [6.45, 7) is 1.62. The summed E-state index contributed by atoms with van der Waals surface area (Å²) in [5.41, 5.74) is -0.863. The molecule has 2 N–H and O–H groups in total. The van der Waals surface area contributed by atoms with Crippen LogP contribution in [-0.2, 0) is 9.53 Å². The lowest BCUT2D eigenvalue weighted by molar-refractivity contribution is -0.128. The van der Waals surface area contributed by atoms with E-state index in [0.717, 1.165) is 37.0 Å². The summed E-state index contributed by atoms with van der Waals surface area (Å²) < 4.78 is 10.2. The maximum absolute atomic E-state index is 12.5. The highest BCUT2D eigenvalue weighted by Gasteiger charge is 2.51. The molecule has 1 aromatic rings. The molecule has 0 unspecified atom stereocenters. The first-order valence-corrected chi connectivity index (χ1v) is 9.67. The van der Waals surface area contributed by atoms with E-state index in [2.05, 4.69) is 15.3 Å². The van der Waals surface area contributed by atoms with Gasteiger partial charge in [0.15, 0.2) is 6.61 Å². The minimum Gasteiger partial charge on any atom is -0.467 e. The van der Waals surface area contributed by atoms with Gasteiger partial charge in [0.25, 0.3) is 5.91 Å². The topological polar surface area (TPSA) is 110 Å². The molecule has 4 fully saturated rings. The molecule has 0 radical (unpaired) electrons. The van der Waals surface area contributed by atoms with Crippen molar-refractivity contribution in [2.24, 2.45) is 17.8 Å². The Balaban J connectivity index is 1.37. The van der Waals surface area contributed by atoms with Crippen LogP contribution in [0.4, 0.5) is 0 Å². The van der Waals surface area contributed by atoms with Crippen LogP contribution in [0.3, 0.4) is 0 Å². The number of carbonyl (C=O) groups excluding carboxylic acids is 2. The van der Waals surface area contributed by atoms with E-state index >= 15 is 0 Å². The molecule has 1 amide bonds. The van der Waals surface area contributed by atoms with Crippen LogP contribution in [0.1, 0.15) is 55.9 Å². The summed E-state index contributed by atoms with van der Waals surface area (Å²) >= 11 is 0. The molecule has 146 valence electrons. The van der Waals surface area contributed by atoms with Gasteiger partial charge in [-0.15, -0.1) is 0 Å². The van der Waals surface area contributed by atoms with Gasteiger partial charge in [-0.25, -0.2) is 9.59 Å². The molecule has 1 aromatic heterocycles. The van der Waals surface area contributed by atoms with E-state index in [4.69, 9.17) is 9.47 Å². The highest BCUT2D eigenvalue weighted by atomic mass is 16.5. The predicted octanol–water partition coefficient (Wildman–Crippen LogP) is 1.41. The molecular weight excluding hydrogens is 350 g/mol. The van der Waals surface area contributed by atoms with Crippen LogP contribution in [0.15, 0.2) is 10.9 Å². The third-order valence-corrected chi connectivity index (χ3v) is 6.01. The van der Waals surface area contributed by atoms with Gasteiger partial charge in [-0.2, -0.15) is 4.98 Å². The van der Waals surface area contributed by atoms with Gasteiger partial charge in [0.2, 0.25) is 5.88 Å². The first-order chi connectivity index (χ1) is 12.9.